The smallest absolute Gasteiger partial charge is 0.421 e. The zero-order chi connectivity index (χ0) is 23.0. The van der Waals surface area contributed by atoms with Crippen LogP contribution in [0.5, 0.6) is 11.5 Å². The van der Waals surface area contributed by atoms with Crippen molar-refractivity contribution in [2.75, 3.05) is 14.1 Å². The highest BCUT2D eigenvalue weighted by molar-refractivity contribution is 6.30. The number of guanidine groups is 1. The molecule has 0 saturated carbocycles. The van der Waals surface area contributed by atoms with E-state index < -0.39 is 23.7 Å². The van der Waals surface area contributed by atoms with E-state index in [-0.39, 0.29) is 23.1 Å². The van der Waals surface area contributed by atoms with Gasteiger partial charge in [-0.1, -0.05) is 35.5 Å². The van der Waals surface area contributed by atoms with E-state index in [2.05, 4.69) is 15.2 Å². The third kappa shape index (κ3) is 3.84. The van der Waals surface area contributed by atoms with Crippen LogP contribution < -0.4 is 15.2 Å². The minimum atomic E-state index is -0.820. The van der Waals surface area contributed by atoms with Gasteiger partial charge >= 0.3 is 17.8 Å². The monoisotopic (exact) mass is 454 g/mol. The predicted molar refractivity (Wildman–Crippen MR) is 117 cm³/mol. The molecular formula is C21H19ClN6O4. The molecule has 0 bridgehead atoms. The number of carbonyl (C=O) groups is 2. The molecule has 1 atom stereocenters. The molecule has 11 heteroatoms. The van der Waals surface area contributed by atoms with E-state index in [0.717, 1.165) is 16.5 Å². The minimum Gasteiger partial charge on any atom is -0.872 e. The molecule has 32 heavy (non-hydrogen) atoms. The minimum absolute atomic E-state index is 0.134. The number of hydrogen-bond acceptors (Lipinski definition) is 7. The van der Waals surface area contributed by atoms with Crippen LogP contribution in [0.15, 0.2) is 47.6 Å². The first kappa shape index (κ1) is 21.2. The second-order valence-electron chi connectivity index (χ2n) is 7.28. The molecule has 2 N–H and O–H groups in total. The van der Waals surface area contributed by atoms with Crippen molar-refractivity contribution in [2.24, 2.45) is 5.10 Å². The number of amidine groups is 1. The summed E-state index contributed by atoms with van der Waals surface area (Å²) in [7, 11) is 2.96. The van der Waals surface area contributed by atoms with Crippen molar-refractivity contribution in [1.29, 1.82) is 0 Å². The molecule has 3 amide bonds. The molecule has 2 aromatic rings. The van der Waals surface area contributed by atoms with Crippen molar-refractivity contribution in [2.45, 2.75) is 12.6 Å². The van der Waals surface area contributed by atoms with Crippen molar-refractivity contribution in [3.8, 4) is 11.5 Å². The molecule has 2 aliphatic heterocycles. The zero-order valence-electron chi connectivity index (χ0n) is 17.2. The molecule has 0 aliphatic carbocycles. The van der Waals surface area contributed by atoms with Gasteiger partial charge in [-0.2, -0.15) is 5.43 Å². The molecule has 2 aliphatic rings. The van der Waals surface area contributed by atoms with Crippen LogP contribution in [-0.2, 0) is 11.3 Å². The number of imide groups is 1. The van der Waals surface area contributed by atoms with Gasteiger partial charge in [0.15, 0.2) is 0 Å². The average Bonchev–Trinajstić information content (AvgIpc) is 3.12. The summed E-state index contributed by atoms with van der Waals surface area (Å²) >= 11 is 5.98. The highest BCUT2D eigenvalue weighted by Crippen LogP contribution is 2.21. The molecule has 4 rings (SSSR count). The molecule has 0 aromatic heterocycles. The Morgan fingerprint density at radius 3 is 2.59 bits per heavy atom. The Kier molecular flexibility index (Phi) is 5.48. The van der Waals surface area contributed by atoms with Gasteiger partial charge in [-0.25, -0.2) is 19.3 Å². The third-order valence-corrected chi connectivity index (χ3v) is 5.41. The molecule has 0 spiro atoms. The first-order valence-electron chi connectivity index (χ1n) is 9.57. The standard InChI is InChI=1S/C21H19ClN6O4/c1-26-18-17(19(31)27(2)21(26)32)28(11-12-3-6-14(22)7-4-12)20(24-18)25-23-10-13-5-8-15(29)9-16(13)30/h3-10,17H,11H2,1-2H3,(H2,23,29,30). The first-order chi connectivity index (χ1) is 15.3. The number of phenols is 1. The topological polar surface area (TPSA) is 126 Å². The van der Waals surface area contributed by atoms with Crippen LogP contribution in [0.25, 0.3) is 0 Å². The quantitative estimate of drug-likeness (QED) is 0.388. The number of likely N-dealkylation sites (N-methyl/N-ethyl adjacent to an activating group) is 2. The van der Waals surface area contributed by atoms with Crippen molar-refractivity contribution in [1.82, 2.24) is 24.8 Å². The number of nitrogens with zero attached hydrogens (tertiary/aromatic N) is 5. The number of urea groups is 1. The lowest BCUT2D eigenvalue weighted by Crippen LogP contribution is -2.63. The van der Waals surface area contributed by atoms with E-state index in [4.69, 9.17) is 11.6 Å². The molecule has 2 heterocycles. The van der Waals surface area contributed by atoms with Gasteiger partial charge in [-0.15, -0.1) is 5.10 Å². The summed E-state index contributed by atoms with van der Waals surface area (Å²) in [6, 6.07) is 9.73. The number of carbonyl (C=O) groups excluding carboxylic acids is 2. The van der Waals surface area contributed by atoms with Crippen LogP contribution >= 0.6 is 11.6 Å². The largest absolute Gasteiger partial charge is 0.872 e. The normalized spacial score (nSPS) is 18.2. The molecule has 10 nitrogen and oxygen atoms in total. The zero-order valence-corrected chi connectivity index (χ0v) is 17.9. The fourth-order valence-electron chi connectivity index (χ4n) is 3.43. The van der Waals surface area contributed by atoms with Crippen LogP contribution in [0.2, 0.25) is 5.02 Å². The number of nitrogens with one attached hydrogen (secondary N) is 1. The maximum atomic E-state index is 12.9. The SMILES string of the molecule is CN1C(=O)C2C(=[N+]=C(N/N=C/c3ccc(O)cc3[O-])N2Cc2ccc(Cl)cc2)N(C)C1=O. The molecule has 1 fully saturated rings. The van der Waals surface area contributed by atoms with Gasteiger partial charge in [0.05, 0.1) is 19.8 Å². The predicted octanol–water partition coefficient (Wildman–Crippen LogP) is 0.273. The lowest BCUT2D eigenvalue weighted by Gasteiger charge is -2.31. The number of amides is 3. The van der Waals surface area contributed by atoms with Gasteiger partial charge < -0.3 is 10.2 Å². The van der Waals surface area contributed by atoms with E-state index in [0.29, 0.717) is 11.6 Å². The molecule has 2 aromatic carbocycles. The van der Waals surface area contributed by atoms with Gasteiger partial charge in [-0.3, -0.25) is 9.69 Å². The lowest BCUT2D eigenvalue weighted by atomic mass is 10.1. The molecular weight excluding hydrogens is 436 g/mol. The third-order valence-electron chi connectivity index (χ3n) is 5.16. The maximum Gasteiger partial charge on any atom is 0.421 e. The van der Waals surface area contributed by atoms with E-state index in [1.54, 1.807) is 24.1 Å². The Hall–Kier alpha value is -4.01. The Bertz CT molecular complexity index is 1190. The molecule has 0 radical (unpaired) electrons. The Balaban J connectivity index is 1.65. The van der Waals surface area contributed by atoms with E-state index in [9.17, 15) is 19.8 Å². The first-order valence-corrected chi connectivity index (χ1v) is 9.95. The van der Waals surface area contributed by atoms with Gasteiger partial charge in [0, 0.05) is 12.1 Å². The number of rotatable bonds is 4. The van der Waals surface area contributed by atoms with Gasteiger partial charge in [0.1, 0.15) is 5.75 Å². The van der Waals surface area contributed by atoms with Crippen molar-refractivity contribution >= 4 is 41.5 Å². The number of phenolic OH excluding ortho intramolecular Hbond substituents is 1. The van der Waals surface area contributed by atoms with Gasteiger partial charge in [-0.05, 0) is 35.4 Å². The molecule has 1 saturated heterocycles. The lowest BCUT2D eigenvalue weighted by molar-refractivity contribution is -0.268. The van der Waals surface area contributed by atoms with Crippen molar-refractivity contribution < 1.29 is 19.8 Å². The fraction of sp³-hybridized carbons (Fsp3) is 0.190. The average molecular weight is 455 g/mol. The van der Waals surface area contributed by atoms with E-state index in [1.165, 1.54) is 30.3 Å². The number of halogens is 1. The van der Waals surface area contributed by atoms with E-state index >= 15 is 0 Å². The van der Waals surface area contributed by atoms with Crippen LogP contribution in [0.1, 0.15) is 11.1 Å². The number of fused-ring (bicyclic) bond motifs is 1. The highest BCUT2D eigenvalue weighted by Gasteiger charge is 2.54. The van der Waals surface area contributed by atoms with E-state index in [1.807, 2.05) is 12.1 Å². The molecule has 164 valence electrons. The van der Waals surface area contributed by atoms with Crippen LogP contribution in [0.3, 0.4) is 0 Å². The summed E-state index contributed by atoms with van der Waals surface area (Å²) in [5.74, 6) is -0.427. The second kappa shape index (κ2) is 8.26. The van der Waals surface area contributed by atoms with Gasteiger partial charge in [0.25, 0.3) is 5.91 Å². The summed E-state index contributed by atoms with van der Waals surface area (Å²) in [4.78, 5) is 29.3. The summed E-state index contributed by atoms with van der Waals surface area (Å²) < 4.78 is 4.44. The number of hydrazone groups is 1. The Morgan fingerprint density at radius 1 is 1.19 bits per heavy atom. The van der Waals surface area contributed by atoms with Crippen LogP contribution in [-0.4, -0.2) is 69.9 Å². The Morgan fingerprint density at radius 2 is 1.91 bits per heavy atom. The number of hydrogen-bond donors (Lipinski definition) is 2. The summed E-state index contributed by atoms with van der Waals surface area (Å²) in [5, 5.41) is 26.0. The number of benzene rings is 2. The van der Waals surface area contributed by atoms with Gasteiger partial charge in [0.2, 0.25) is 6.04 Å². The fourth-order valence-corrected chi connectivity index (χ4v) is 3.56. The van der Waals surface area contributed by atoms with Crippen molar-refractivity contribution in [3.05, 3.63) is 58.6 Å². The van der Waals surface area contributed by atoms with Crippen LogP contribution in [0, 0.1) is 0 Å². The summed E-state index contributed by atoms with van der Waals surface area (Å²) in [6.45, 7) is 0.292. The highest BCUT2D eigenvalue weighted by atomic mass is 35.5. The second-order valence-corrected chi connectivity index (χ2v) is 7.72. The van der Waals surface area contributed by atoms with Crippen LogP contribution in [0.4, 0.5) is 4.79 Å². The van der Waals surface area contributed by atoms with Crippen molar-refractivity contribution in [3.63, 3.8) is 0 Å². The Labute approximate surface area is 188 Å². The molecule has 1 unspecified atom stereocenters. The number of aromatic hydroxyl groups is 1. The summed E-state index contributed by atoms with van der Waals surface area (Å²) in [5.41, 5.74) is 3.89. The summed E-state index contributed by atoms with van der Waals surface area (Å²) in [6.07, 6.45) is 1.29. The maximum absolute atomic E-state index is 12.9.